The van der Waals surface area contributed by atoms with E-state index in [4.69, 9.17) is 16.8 Å². The number of para-hydroxylation sites is 1. The second-order valence-corrected chi connectivity index (χ2v) is 12.2. The Labute approximate surface area is 308 Å². The predicted octanol–water partition coefficient (Wildman–Crippen LogP) is 13.6. The van der Waals surface area contributed by atoms with Gasteiger partial charge in [0.1, 0.15) is 11.2 Å². The smallest absolute Gasteiger partial charge is 0.143 e. The average molecular weight is 650 g/mol. The molecular weight excluding hydrogens is 605 g/mol. The van der Waals surface area contributed by atoms with Crippen molar-refractivity contribution in [3.8, 4) is 33.4 Å². The van der Waals surface area contributed by atoms with Crippen LogP contribution in [0.5, 0.6) is 0 Å². The van der Waals surface area contributed by atoms with E-state index in [1.54, 1.807) is 18.2 Å². The molecule has 0 radical (unpaired) electrons. The largest absolute Gasteiger partial charge is 0.455 e. The molecule has 234 valence electrons. The summed E-state index contributed by atoms with van der Waals surface area (Å²) in [5.74, 6) is 0. The highest BCUT2D eigenvalue weighted by Crippen LogP contribution is 2.43. The van der Waals surface area contributed by atoms with Crippen LogP contribution in [0.15, 0.2) is 186 Å². The van der Waals surface area contributed by atoms with Gasteiger partial charge in [0, 0.05) is 16.3 Å². The molecule has 0 bridgehead atoms. The SMILES string of the molecule is [2H]c1c([2H])c([2H])c(Cc2c3c([2H])c([2H])c([2H])c([2H])c3c(-c3cccc(-c4ccc5c(c4)oc4c(-c6cccc7ccccc67)cccc45)c3)c3c([2H])c([2H])c([2H])c([2H])c23)c([2H])c1[2H]. The summed E-state index contributed by atoms with van der Waals surface area (Å²) in [6, 6.07) is 26.3. The molecule has 9 aromatic carbocycles. The highest BCUT2D eigenvalue weighted by Gasteiger charge is 2.18. The van der Waals surface area contributed by atoms with E-state index in [0.717, 1.165) is 43.8 Å². The Morgan fingerprint density at radius 2 is 1.06 bits per heavy atom. The highest BCUT2D eigenvalue weighted by molar-refractivity contribution is 6.16. The van der Waals surface area contributed by atoms with E-state index in [-0.39, 0.29) is 38.2 Å². The Bertz CT molecular complexity index is 3530. The second-order valence-electron chi connectivity index (χ2n) is 12.2. The molecule has 1 nitrogen and oxygen atoms in total. The summed E-state index contributed by atoms with van der Waals surface area (Å²) in [7, 11) is 0. The van der Waals surface area contributed by atoms with Crippen LogP contribution in [-0.2, 0) is 6.42 Å². The Balaban J connectivity index is 1.23. The van der Waals surface area contributed by atoms with Gasteiger partial charge in [0.25, 0.3) is 0 Å². The molecule has 0 unspecified atom stereocenters. The lowest BCUT2D eigenvalue weighted by molar-refractivity contribution is 0.670. The molecule has 0 amide bonds. The third kappa shape index (κ3) is 4.63. The van der Waals surface area contributed by atoms with Gasteiger partial charge in [-0.3, -0.25) is 0 Å². The zero-order valence-corrected chi connectivity index (χ0v) is 26.4. The minimum Gasteiger partial charge on any atom is -0.455 e. The van der Waals surface area contributed by atoms with Crippen molar-refractivity contribution in [1.29, 1.82) is 0 Å². The quantitative estimate of drug-likeness (QED) is 0.169. The molecule has 0 N–H and O–H groups in total. The van der Waals surface area contributed by atoms with Gasteiger partial charge in [0.05, 0.1) is 17.8 Å². The van der Waals surface area contributed by atoms with Crippen LogP contribution >= 0.6 is 0 Å². The van der Waals surface area contributed by atoms with E-state index in [1.165, 1.54) is 0 Å². The standard InChI is InChI=1S/C49H32O/c1-2-13-32(14-3-1)29-46-39-20-6-8-22-42(39)48(43-23-9-7-21-40(43)46)36-18-10-17-34(30-36)35-27-28-41-45-26-12-25-44(49(45)50-47(41)31-35)38-24-11-16-33-15-4-5-19-37(33)38/h1-28,30-31H,29H2/i1D,2D,3D,6D,7D,8D,9D,13D,14D,20D,21D,22D,23D. The average Bonchev–Trinajstić information content (AvgIpc) is 3.69. The molecule has 0 aliphatic rings. The second kappa shape index (κ2) is 11.6. The van der Waals surface area contributed by atoms with Crippen LogP contribution in [-0.4, -0.2) is 0 Å². The van der Waals surface area contributed by atoms with E-state index < -0.39 is 85.0 Å². The minimum atomic E-state index is -0.618. The summed E-state index contributed by atoms with van der Waals surface area (Å²) in [5.41, 5.74) is 5.13. The summed E-state index contributed by atoms with van der Waals surface area (Å²) in [6.45, 7) is 0. The summed E-state index contributed by atoms with van der Waals surface area (Å²) in [6.07, 6.45) is -0.493. The zero-order chi connectivity index (χ0) is 44.3. The van der Waals surface area contributed by atoms with Gasteiger partial charge in [-0.05, 0) is 95.9 Å². The molecule has 10 rings (SSSR count). The lowest BCUT2D eigenvalue weighted by atomic mass is 9.86. The molecule has 1 aromatic heterocycles. The van der Waals surface area contributed by atoms with Crippen molar-refractivity contribution in [2.45, 2.75) is 6.42 Å². The van der Waals surface area contributed by atoms with Crippen molar-refractivity contribution in [3.63, 3.8) is 0 Å². The van der Waals surface area contributed by atoms with Gasteiger partial charge in [-0.2, -0.15) is 0 Å². The van der Waals surface area contributed by atoms with Crippen LogP contribution in [0.1, 0.15) is 28.9 Å². The minimum absolute atomic E-state index is 0.0179. The Kier molecular flexibility index (Phi) is 4.26. The zero-order valence-electron chi connectivity index (χ0n) is 39.4. The molecule has 50 heavy (non-hydrogen) atoms. The molecule has 0 saturated heterocycles. The van der Waals surface area contributed by atoms with Gasteiger partial charge in [-0.25, -0.2) is 0 Å². The van der Waals surface area contributed by atoms with Gasteiger partial charge in [-0.1, -0.05) is 163 Å². The first kappa shape index (κ1) is 18.4. The molecule has 0 spiro atoms. The normalized spacial score (nSPS) is 15.3. The van der Waals surface area contributed by atoms with Crippen LogP contribution in [0.3, 0.4) is 0 Å². The fourth-order valence-electron chi connectivity index (χ4n) is 7.21. The van der Waals surface area contributed by atoms with E-state index in [1.807, 2.05) is 60.7 Å². The maximum Gasteiger partial charge on any atom is 0.143 e. The third-order valence-corrected chi connectivity index (χ3v) is 9.45. The van der Waals surface area contributed by atoms with Crippen LogP contribution in [0.2, 0.25) is 0 Å². The number of hydrogen-bond acceptors (Lipinski definition) is 1. The first-order chi connectivity index (χ1) is 30.2. The van der Waals surface area contributed by atoms with Crippen molar-refractivity contribution < 1.29 is 22.2 Å². The van der Waals surface area contributed by atoms with Gasteiger partial charge < -0.3 is 4.42 Å². The summed E-state index contributed by atoms with van der Waals surface area (Å²) >= 11 is 0. The summed E-state index contributed by atoms with van der Waals surface area (Å²) < 4.78 is 121. The van der Waals surface area contributed by atoms with Crippen molar-refractivity contribution in [3.05, 3.63) is 193 Å². The number of benzene rings is 9. The number of furan rings is 1. The molecule has 10 aromatic rings. The van der Waals surface area contributed by atoms with E-state index in [0.29, 0.717) is 16.7 Å². The summed E-state index contributed by atoms with van der Waals surface area (Å²) in [4.78, 5) is 0. The van der Waals surface area contributed by atoms with Gasteiger partial charge in [-0.15, -0.1) is 0 Å². The third-order valence-electron chi connectivity index (χ3n) is 9.45. The predicted molar refractivity (Wildman–Crippen MR) is 212 cm³/mol. The molecular formula is C49H32O. The van der Waals surface area contributed by atoms with E-state index in [2.05, 4.69) is 24.3 Å². The molecule has 1 heterocycles. The number of hydrogen-bond donors (Lipinski definition) is 0. The highest BCUT2D eigenvalue weighted by atomic mass is 16.3. The van der Waals surface area contributed by atoms with Crippen LogP contribution in [0.4, 0.5) is 0 Å². The lowest BCUT2D eigenvalue weighted by Crippen LogP contribution is -1.95. The van der Waals surface area contributed by atoms with Gasteiger partial charge in [0.2, 0.25) is 0 Å². The monoisotopic (exact) mass is 649 g/mol. The maximum atomic E-state index is 9.30. The van der Waals surface area contributed by atoms with Crippen LogP contribution in [0, 0.1) is 0 Å². The van der Waals surface area contributed by atoms with Gasteiger partial charge >= 0.3 is 0 Å². The molecule has 0 saturated carbocycles. The molecule has 0 aliphatic carbocycles. The first-order valence-corrected chi connectivity index (χ1v) is 16.2. The van der Waals surface area contributed by atoms with Crippen molar-refractivity contribution in [2.75, 3.05) is 0 Å². The topological polar surface area (TPSA) is 13.1 Å². The van der Waals surface area contributed by atoms with Crippen molar-refractivity contribution >= 4 is 54.3 Å². The van der Waals surface area contributed by atoms with Crippen molar-refractivity contribution in [1.82, 2.24) is 0 Å². The van der Waals surface area contributed by atoms with Crippen LogP contribution < -0.4 is 0 Å². The van der Waals surface area contributed by atoms with Crippen molar-refractivity contribution in [2.24, 2.45) is 0 Å². The van der Waals surface area contributed by atoms with E-state index >= 15 is 0 Å². The lowest BCUT2D eigenvalue weighted by Gasteiger charge is -2.18. The summed E-state index contributed by atoms with van der Waals surface area (Å²) in [5, 5.41) is 3.82. The molecule has 0 fully saturated rings. The number of fused-ring (bicyclic) bond motifs is 6. The molecule has 0 aliphatic heterocycles. The van der Waals surface area contributed by atoms with Crippen LogP contribution in [0.25, 0.3) is 87.6 Å². The first-order valence-electron chi connectivity index (χ1n) is 22.7. The maximum absolute atomic E-state index is 9.30. The fraction of sp³-hybridized carbons (Fsp3) is 0.0204. The molecule has 0 atom stereocenters. The Morgan fingerprint density at radius 3 is 1.88 bits per heavy atom. The fourth-order valence-corrected chi connectivity index (χ4v) is 7.21. The number of rotatable bonds is 5. The molecule has 1 heteroatoms. The van der Waals surface area contributed by atoms with Gasteiger partial charge in [0.15, 0.2) is 0 Å². The Hall–Kier alpha value is -6.44. The Morgan fingerprint density at radius 1 is 0.440 bits per heavy atom. The van der Waals surface area contributed by atoms with E-state index in [9.17, 15) is 5.48 Å².